The third kappa shape index (κ3) is 6.63. The molecule has 1 heterocycles. The average molecular weight is 504 g/mol. The van der Waals surface area contributed by atoms with Crippen LogP contribution in [0.5, 0.6) is 5.75 Å². The van der Waals surface area contributed by atoms with Gasteiger partial charge < -0.3 is 25.0 Å². The Kier molecular flexibility index (Phi) is 7.66. The second-order valence-electron chi connectivity index (χ2n) is 8.81. The van der Waals surface area contributed by atoms with Crippen molar-refractivity contribution in [2.45, 2.75) is 44.8 Å². The molecule has 2 atom stereocenters. The number of carbonyl (C=O) groups is 2. The van der Waals surface area contributed by atoms with Crippen molar-refractivity contribution in [1.82, 2.24) is 10.2 Å². The highest BCUT2D eigenvalue weighted by atomic mass is 79.9. The number of hydrogen-bond acceptors (Lipinski definition) is 4. The maximum Gasteiger partial charge on any atom is 0.410 e. The van der Waals surface area contributed by atoms with Crippen LogP contribution < -0.4 is 15.4 Å². The summed E-state index contributed by atoms with van der Waals surface area (Å²) in [4.78, 5) is 27.1. The number of hydrogen-bond donors (Lipinski definition) is 2. The van der Waals surface area contributed by atoms with Gasteiger partial charge in [-0.2, -0.15) is 0 Å². The Balaban J connectivity index is 1.74. The number of ether oxygens (including phenoxy) is 2. The van der Waals surface area contributed by atoms with E-state index in [1.165, 1.54) is 0 Å². The van der Waals surface area contributed by atoms with Crippen LogP contribution in [0.2, 0.25) is 0 Å². The van der Waals surface area contributed by atoms with Gasteiger partial charge in [-0.25, -0.2) is 9.59 Å². The molecule has 0 saturated carbocycles. The van der Waals surface area contributed by atoms with E-state index in [2.05, 4.69) is 26.6 Å². The maximum atomic E-state index is 12.7. The summed E-state index contributed by atoms with van der Waals surface area (Å²) in [6.07, 6.45) is 0.276. The van der Waals surface area contributed by atoms with Gasteiger partial charge in [-0.05, 0) is 69.2 Å². The highest BCUT2D eigenvalue weighted by Crippen LogP contribution is 2.30. The Morgan fingerprint density at radius 2 is 1.72 bits per heavy atom. The highest BCUT2D eigenvalue weighted by Gasteiger charge is 2.35. The van der Waals surface area contributed by atoms with Crippen molar-refractivity contribution in [3.05, 3.63) is 58.6 Å². The Morgan fingerprint density at radius 3 is 2.31 bits per heavy atom. The minimum atomic E-state index is -0.563. The number of amides is 3. The molecule has 1 aliphatic heterocycles. The first-order chi connectivity index (χ1) is 15.1. The van der Waals surface area contributed by atoms with Crippen molar-refractivity contribution in [3.63, 3.8) is 0 Å². The van der Waals surface area contributed by atoms with Gasteiger partial charge in [-0.15, -0.1) is 0 Å². The fourth-order valence-electron chi connectivity index (χ4n) is 3.67. The van der Waals surface area contributed by atoms with E-state index in [-0.39, 0.29) is 24.1 Å². The summed E-state index contributed by atoms with van der Waals surface area (Å²) in [5.74, 6) is 0.670. The molecule has 8 heteroatoms. The Morgan fingerprint density at radius 1 is 1.06 bits per heavy atom. The van der Waals surface area contributed by atoms with Crippen molar-refractivity contribution in [2.75, 3.05) is 25.5 Å². The van der Waals surface area contributed by atoms with Crippen LogP contribution in [0.4, 0.5) is 15.3 Å². The lowest BCUT2D eigenvalue weighted by molar-refractivity contribution is 0.0180. The molecule has 2 unspecified atom stereocenters. The number of benzene rings is 2. The van der Waals surface area contributed by atoms with Gasteiger partial charge in [0.25, 0.3) is 0 Å². The molecule has 3 amide bonds. The summed E-state index contributed by atoms with van der Waals surface area (Å²) in [5.41, 5.74) is 1.16. The Bertz CT molecular complexity index is 926. The number of nitrogens with zero attached hydrogens (tertiary/aromatic N) is 1. The van der Waals surface area contributed by atoms with Crippen LogP contribution in [0.15, 0.2) is 53.0 Å². The van der Waals surface area contributed by atoms with Crippen LogP contribution in [0.3, 0.4) is 0 Å². The number of urea groups is 1. The summed E-state index contributed by atoms with van der Waals surface area (Å²) < 4.78 is 11.8. The molecule has 0 aromatic heterocycles. The topological polar surface area (TPSA) is 79.9 Å². The van der Waals surface area contributed by atoms with Crippen molar-refractivity contribution in [1.29, 1.82) is 0 Å². The third-order valence-corrected chi connectivity index (χ3v) is 5.76. The van der Waals surface area contributed by atoms with Crippen molar-refractivity contribution < 1.29 is 19.1 Å². The van der Waals surface area contributed by atoms with Crippen LogP contribution in [0.25, 0.3) is 0 Å². The maximum absolute atomic E-state index is 12.7. The number of rotatable bonds is 4. The lowest BCUT2D eigenvalue weighted by Crippen LogP contribution is -2.52. The molecule has 172 valence electrons. The molecule has 32 heavy (non-hydrogen) atoms. The standard InChI is InChI=1S/C24H30BrN3O4/c1-24(2,3)32-23(30)28-14-13-21(20(15-28)16-5-11-19(31-4)12-6-16)27-22(29)26-18-9-7-17(25)8-10-18/h5-12,20-21H,13-15H2,1-4H3,(H2,26,27,29). The number of piperidine rings is 1. The number of likely N-dealkylation sites (tertiary alicyclic amines) is 1. The fraction of sp³-hybridized carbons (Fsp3) is 0.417. The first-order valence-corrected chi connectivity index (χ1v) is 11.4. The smallest absolute Gasteiger partial charge is 0.410 e. The van der Waals surface area contributed by atoms with Gasteiger partial charge in [-0.1, -0.05) is 28.1 Å². The van der Waals surface area contributed by atoms with E-state index in [4.69, 9.17) is 9.47 Å². The van der Waals surface area contributed by atoms with Crippen LogP contribution in [0, 0.1) is 0 Å². The minimum absolute atomic E-state index is 0.0853. The number of nitrogens with one attached hydrogen (secondary N) is 2. The minimum Gasteiger partial charge on any atom is -0.497 e. The Hall–Kier alpha value is -2.74. The zero-order valence-electron chi connectivity index (χ0n) is 18.9. The summed E-state index contributed by atoms with van der Waals surface area (Å²) in [6.45, 7) is 6.52. The summed E-state index contributed by atoms with van der Waals surface area (Å²) >= 11 is 3.39. The molecule has 1 fully saturated rings. The molecule has 1 saturated heterocycles. The molecule has 1 aliphatic rings. The molecule has 0 spiro atoms. The first-order valence-electron chi connectivity index (χ1n) is 10.6. The predicted molar refractivity (Wildman–Crippen MR) is 128 cm³/mol. The first kappa shape index (κ1) is 23.9. The van der Waals surface area contributed by atoms with Gasteiger partial charge in [-0.3, -0.25) is 0 Å². The van der Waals surface area contributed by atoms with Gasteiger partial charge in [0.2, 0.25) is 0 Å². The van der Waals surface area contributed by atoms with Crippen molar-refractivity contribution in [3.8, 4) is 5.75 Å². The molecule has 0 aliphatic carbocycles. The van der Waals surface area contributed by atoms with E-state index in [1.54, 1.807) is 12.0 Å². The van der Waals surface area contributed by atoms with Crippen LogP contribution in [-0.4, -0.2) is 48.9 Å². The second kappa shape index (κ2) is 10.3. The van der Waals surface area contributed by atoms with E-state index < -0.39 is 5.60 Å². The van der Waals surface area contributed by atoms with Crippen LogP contribution in [-0.2, 0) is 4.74 Å². The molecule has 3 rings (SSSR count). The SMILES string of the molecule is COc1ccc(C2CN(C(=O)OC(C)(C)C)CCC2NC(=O)Nc2ccc(Br)cc2)cc1. The second-order valence-corrected chi connectivity index (χ2v) is 9.72. The molecular formula is C24H30BrN3O4. The monoisotopic (exact) mass is 503 g/mol. The van der Waals surface area contributed by atoms with Gasteiger partial charge in [0.05, 0.1) is 7.11 Å². The summed E-state index contributed by atoms with van der Waals surface area (Å²) in [5, 5.41) is 5.97. The molecule has 2 aromatic rings. The van der Waals surface area contributed by atoms with Crippen molar-refractivity contribution >= 4 is 33.7 Å². The normalized spacial score (nSPS) is 18.6. The number of halogens is 1. The van der Waals surface area contributed by atoms with Gasteiger partial charge in [0.15, 0.2) is 0 Å². The van der Waals surface area contributed by atoms with Gasteiger partial charge >= 0.3 is 12.1 Å². The Labute approximate surface area is 197 Å². The summed E-state index contributed by atoms with van der Waals surface area (Å²) in [7, 11) is 1.62. The van der Waals surface area contributed by atoms with E-state index in [1.807, 2.05) is 69.3 Å². The quantitative estimate of drug-likeness (QED) is 0.587. The summed E-state index contributed by atoms with van der Waals surface area (Å²) in [6, 6.07) is 14.7. The molecule has 2 aromatic carbocycles. The third-order valence-electron chi connectivity index (χ3n) is 5.23. The number of carbonyl (C=O) groups excluding carboxylic acids is 2. The van der Waals surface area contributed by atoms with E-state index >= 15 is 0 Å². The largest absolute Gasteiger partial charge is 0.497 e. The van der Waals surface area contributed by atoms with E-state index in [0.29, 0.717) is 25.2 Å². The van der Waals surface area contributed by atoms with Gasteiger partial charge in [0, 0.05) is 35.2 Å². The lowest BCUT2D eigenvalue weighted by atomic mass is 9.86. The highest BCUT2D eigenvalue weighted by molar-refractivity contribution is 9.10. The molecule has 7 nitrogen and oxygen atoms in total. The molecule has 2 N–H and O–H groups in total. The zero-order valence-corrected chi connectivity index (χ0v) is 20.4. The van der Waals surface area contributed by atoms with E-state index in [9.17, 15) is 9.59 Å². The number of methoxy groups -OCH3 is 1. The zero-order chi connectivity index (χ0) is 23.3. The van der Waals surface area contributed by atoms with E-state index in [0.717, 1.165) is 15.8 Å². The lowest BCUT2D eigenvalue weighted by Gasteiger charge is -2.39. The molecule has 0 radical (unpaired) electrons. The number of anilines is 1. The molecular weight excluding hydrogens is 474 g/mol. The predicted octanol–water partition coefficient (Wildman–Crippen LogP) is 5.37. The van der Waals surface area contributed by atoms with Crippen LogP contribution in [0.1, 0.15) is 38.7 Å². The molecule has 0 bridgehead atoms. The van der Waals surface area contributed by atoms with Crippen molar-refractivity contribution in [2.24, 2.45) is 0 Å². The fourth-order valence-corrected chi connectivity index (χ4v) is 3.94. The average Bonchev–Trinajstić information content (AvgIpc) is 2.74. The van der Waals surface area contributed by atoms with Gasteiger partial charge in [0.1, 0.15) is 11.4 Å². The van der Waals surface area contributed by atoms with Crippen LogP contribution >= 0.6 is 15.9 Å².